The molecular weight excluding hydrogens is 1210 g/mol. The Labute approximate surface area is 501 Å². The van der Waals surface area contributed by atoms with Gasteiger partial charge in [-0.15, -0.1) is 200 Å². The van der Waals surface area contributed by atoms with Crippen molar-refractivity contribution >= 4 is 200 Å². The summed E-state index contributed by atoms with van der Waals surface area (Å²) in [4.78, 5) is -3.57. The Morgan fingerprint density at radius 3 is 1.82 bits per heavy atom. The van der Waals surface area contributed by atoms with Crippen LogP contribution in [-0.2, 0) is 23.7 Å². The minimum absolute atomic E-state index is 0.0146. The zero-order valence-electron chi connectivity index (χ0n) is 43.0. The molecule has 17 unspecified atom stereocenters. The smallest absolute Gasteiger partial charge is 0.197 e. The van der Waals surface area contributed by atoms with Crippen LogP contribution in [-0.4, -0.2) is 176 Å². The minimum atomic E-state index is -0.950. The molecule has 0 N–H and O–H groups in total. The molecule has 17 atom stereocenters. The monoisotopic (exact) mass is 1290 g/mol. The van der Waals surface area contributed by atoms with Crippen LogP contribution in [0.5, 0.6) is 0 Å². The summed E-state index contributed by atoms with van der Waals surface area (Å²) < 4.78 is 39.6. The molecule has 0 saturated carbocycles. The Bertz CT molecular complexity index is 1830. The number of thioether (sulfide) groups is 17. The fourth-order valence-corrected chi connectivity index (χ4v) is 52.3. The van der Waals surface area contributed by atoms with Gasteiger partial charge in [-0.25, -0.2) is 0 Å². The molecule has 0 aromatic rings. The molecular formula is C49H78O5S17. The summed E-state index contributed by atoms with van der Waals surface area (Å²) in [5.74, 6) is 11.3. The number of hydrogen-bond acceptors (Lipinski definition) is 22. The zero-order valence-corrected chi connectivity index (χ0v) is 56.9. The molecule has 0 aromatic carbocycles. The fourth-order valence-electron chi connectivity index (χ4n) is 12.5. The van der Waals surface area contributed by atoms with Gasteiger partial charge in [-0.1, -0.05) is 54.9 Å². The van der Waals surface area contributed by atoms with Gasteiger partial charge < -0.3 is 23.7 Å². The van der Waals surface area contributed by atoms with Crippen LogP contribution in [0.2, 0.25) is 0 Å². The topological polar surface area (TPSA) is 46.2 Å². The van der Waals surface area contributed by atoms with Crippen molar-refractivity contribution in [1.29, 1.82) is 0 Å². The van der Waals surface area contributed by atoms with Crippen LogP contribution in [0.25, 0.3) is 0 Å². The zero-order chi connectivity index (χ0) is 49.5. The van der Waals surface area contributed by atoms with E-state index < -0.39 is 23.8 Å². The third-order valence-electron chi connectivity index (χ3n) is 15.9. The van der Waals surface area contributed by atoms with Gasteiger partial charge in [-0.2, -0.15) is 0 Å². The van der Waals surface area contributed by atoms with E-state index in [0.717, 1.165) is 42.5 Å². The van der Waals surface area contributed by atoms with Crippen LogP contribution in [0, 0.1) is 0 Å². The van der Waals surface area contributed by atoms with Crippen LogP contribution in [0.1, 0.15) is 107 Å². The van der Waals surface area contributed by atoms with E-state index in [1.165, 1.54) is 66.6 Å². The van der Waals surface area contributed by atoms with Crippen LogP contribution >= 0.6 is 200 Å². The quantitative estimate of drug-likeness (QED) is 0.176. The van der Waals surface area contributed by atoms with E-state index in [0.29, 0.717) is 49.3 Å². The highest BCUT2D eigenvalue weighted by Crippen LogP contribution is 2.89. The van der Waals surface area contributed by atoms with Gasteiger partial charge in [0.05, 0.1) is 23.4 Å². The SMILES string of the molecule is CCCC1CCOC(C2(C3(C4(C5(C6(C7(C8(C9(C%10(C%11SCCS%11)SCC(C)S%10)SCC(CC)S9)SC(C)C(C)S8)SCCCS7)SCCC(C)S6)OCCS5)OC(C)CS4)OCCCS3)OC(C)C(C)S2)S1. The molecule has 11 fully saturated rings. The van der Waals surface area contributed by atoms with Crippen molar-refractivity contribution in [2.75, 3.05) is 77.3 Å². The van der Waals surface area contributed by atoms with Gasteiger partial charge in [0, 0.05) is 84.5 Å². The van der Waals surface area contributed by atoms with Crippen LogP contribution < -0.4 is 0 Å². The predicted octanol–water partition coefficient (Wildman–Crippen LogP) is 15.8. The van der Waals surface area contributed by atoms with Gasteiger partial charge in [-0.3, -0.25) is 0 Å². The van der Waals surface area contributed by atoms with E-state index in [4.69, 9.17) is 23.7 Å². The predicted molar refractivity (Wildman–Crippen MR) is 347 cm³/mol. The van der Waals surface area contributed by atoms with Crippen LogP contribution in [0.15, 0.2) is 0 Å². The first-order valence-corrected chi connectivity index (χ1v) is 42.8. The summed E-state index contributed by atoms with van der Waals surface area (Å²) in [6.07, 6.45) is 8.19. The highest BCUT2D eigenvalue weighted by Gasteiger charge is 2.91. The van der Waals surface area contributed by atoms with E-state index in [-0.39, 0.29) is 39.2 Å². The molecule has 5 nitrogen and oxygen atoms in total. The highest BCUT2D eigenvalue weighted by molar-refractivity contribution is 8.36. The second kappa shape index (κ2) is 23.3. The van der Waals surface area contributed by atoms with Crippen LogP contribution in [0.3, 0.4) is 0 Å². The van der Waals surface area contributed by atoms with Gasteiger partial charge >= 0.3 is 0 Å². The molecule has 0 bridgehead atoms. The van der Waals surface area contributed by atoms with Gasteiger partial charge in [0.15, 0.2) is 19.7 Å². The third kappa shape index (κ3) is 9.02. The molecule has 11 aliphatic heterocycles. The van der Waals surface area contributed by atoms with Crippen molar-refractivity contribution in [3.05, 3.63) is 0 Å². The number of rotatable bonds is 13. The van der Waals surface area contributed by atoms with E-state index in [1.807, 2.05) is 23.5 Å². The normalized spacial score (nSPS) is 53.0. The van der Waals surface area contributed by atoms with Crippen molar-refractivity contribution in [2.45, 2.75) is 206 Å². The van der Waals surface area contributed by atoms with Crippen LogP contribution in [0.4, 0.5) is 0 Å². The van der Waals surface area contributed by atoms with Crippen molar-refractivity contribution in [3.63, 3.8) is 0 Å². The molecule has 0 aromatic heterocycles. The van der Waals surface area contributed by atoms with Crippen molar-refractivity contribution < 1.29 is 23.7 Å². The standard InChI is InChI=1S/C49H78O5S17/c1-10-14-38-15-18-50-39(65-38)41(54-33(6)34(7)68-41)43(51-17-12-20-57-43)44(53-30(3)27-63-44)45(52-19-24-58-45)47(61-23-16-31(4)67-47)48(59-21-13-22-60-48)49(69-35(8)36(9)70-49)46(64-29-37(11-2)71-46)42(40-55-25-26-56-40)62-28-32(5)66-42/h30-40H,10-29H2,1-9H3. The Morgan fingerprint density at radius 1 is 0.493 bits per heavy atom. The molecule has 11 aliphatic rings. The van der Waals surface area contributed by atoms with Gasteiger partial charge in [0.1, 0.15) is 25.8 Å². The van der Waals surface area contributed by atoms with Gasteiger partial charge in [0.25, 0.3) is 0 Å². The Kier molecular flexibility index (Phi) is 19.2. The van der Waals surface area contributed by atoms with Gasteiger partial charge in [-0.05, 0) is 75.4 Å². The summed E-state index contributed by atoms with van der Waals surface area (Å²) in [5, 5.41) is 3.49. The lowest BCUT2D eigenvalue weighted by molar-refractivity contribution is -0.249. The second-order valence-corrected chi connectivity index (χ2v) is 46.0. The molecule has 0 aliphatic carbocycles. The molecule has 11 rings (SSSR count). The lowest BCUT2D eigenvalue weighted by Gasteiger charge is -2.72. The number of hydrogen-bond donors (Lipinski definition) is 0. The van der Waals surface area contributed by atoms with E-state index in [9.17, 15) is 0 Å². The summed E-state index contributed by atoms with van der Waals surface area (Å²) in [6.45, 7) is 24.5. The molecule has 11 saturated heterocycles. The molecule has 0 spiro atoms. The molecule has 406 valence electrons. The van der Waals surface area contributed by atoms with Crippen molar-refractivity contribution in [3.8, 4) is 0 Å². The maximum absolute atomic E-state index is 8.39. The summed E-state index contributed by atoms with van der Waals surface area (Å²) >= 11 is 39.3. The first-order chi connectivity index (χ1) is 34.2. The minimum Gasteiger partial charge on any atom is -0.363 e. The first-order valence-electron chi connectivity index (χ1n) is 26.5. The largest absolute Gasteiger partial charge is 0.363 e. The molecule has 0 amide bonds. The highest BCUT2D eigenvalue weighted by atomic mass is 32.2. The van der Waals surface area contributed by atoms with Crippen molar-refractivity contribution in [1.82, 2.24) is 0 Å². The van der Waals surface area contributed by atoms with E-state index in [1.54, 1.807) is 0 Å². The lowest BCUT2D eigenvalue weighted by atomic mass is 9.91. The summed E-state index contributed by atoms with van der Waals surface area (Å²) in [6, 6.07) is 0. The molecule has 71 heavy (non-hydrogen) atoms. The van der Waals surface area contributed by atoms with Gasteiger partial charge in [0.2, 0.25) is 0 Å². The Hall–Kier alpha value is 5.75. The second-order valence-electron chi connectivity index (χ2n) is 20.9. The average molecular weight is 1290 g/mol. The van der Waals surface area contributed by atoms with E-state index >= 15 is 0 Å². The summed E-state index contributed by atoms with van der Waals surface area (Å²) in [5.41, 5.74) is -0.209. The Balaban J connectivity index is 1.21. The van der Waals surface area contributed by atoms with Crippen molar-refractivity contribution in [2.24, 2.45) is 0 Å². The maximum atomic E-state index is 8.39. The third-order valence-corrected chi connectivity index (χ3v) is 50.5. The van der Waals surface area contributed by atoms with E-state index in [2.05, 4.69) is 239 Å². The Morgan fingerprint density at radius 2 is 1.23 bits per heavy atom. The molecule has 0 radical (unpaired) electrons. The maximum Gasteiger partial charge on any atom is 0.197 e. The summed E-state index contributed by atoms with van der Waals surface area (Å²) in [7, 11) is 0. The number of ether oxygens (including phenoxy) is 5. The first kappa shape index (κ1) is 58.5. The lowest BCUT2D eigenvalue weighted by Crippen LogP contribution is -2.83. The molecule has 22 heteroatoms. The fraction of sp³-hybridized carbons (Fsp3) is 1.00. The molecule has 11 heterocycles. The average Bonchev–Trinajstić information content (AvgIpc) is 4.26.